The molecule has 0 spiro atoms. The van der Waals surface area contributed by atoms with Crippen molar-refractivity contribution in [3.63, 3.8) is 0 Å². The molecule has 1 atom stereocenters. The van der Waals surface area contributed by atoms with Crippen LogP contribution in [0.25, 0.3) is 0 Å². The molecule has 1 heteroatoms. The quantitative estimate of drug-likeness (QED) is 0.547. The lowest BCUT2D eigenvalue weighted by Gasteiger charge is -2.32. The van der Waals surface area contributed by atoms with Gasteiger partial charge in [-0.25, -0.2) is 0 Å². The summed E-state index contributed by atoms with van der Waals surface area (Å²) in [5, 5.41) is 0. The van der Waals surface area contributed by atoms with Crippen LogP contribution >= 0.6 is 0 Å². The number of hydrogen-bond donors (Lipinski definition) is 0. The van der Waals surface area contributed by atoms with Crippen LogP contribution in [0.4, 0.5) is 0 Å². The Bertz CT molecular complexity index is 223. The van der Waals surface area contributed by atoms with Crippen LogP contribution in [-0.2, 0) is 4.79 Å². The molecule has 1 unspecified atom stereocenters. The molecular formula is C11H18O. The van der Waals surface area contributed by atoms with Gasteiger partial charge in [0.25, 0.3) is 0 Å². The first-order valence-electron chi connectivity index (χ1n) is 4.58. The third-order valence-corrected chi connectivity index (χ3v) is 2.54. The number of carbonyl (C=O) groups excluding carboxylic acids is 1. The van der Waals surface area contributed by atoms with Gasteiger partial charge in [0.15, 0.2) is 0 Å². The van der Waals surface area contributed by atoms with Gasteiger partial charge in [-0.1, -0.05) is 25.5 Å². The second-order valence-electron chi connectivity index (χ2n) is 4.78. The topological polar surface area (TPSA) is 17.1 Å². The van der Waals surface area contributed by atoms with E-state index in [1.54, 1.807) is 6.92 Å². The normalized spacial score (nSPS) is 28.0. The zero-order valence-corrected chi connectivity index (χ0v) is 8.48. The molecule has 0 saturated heterocycles. The highest BCUT2D eigenvalue weighted by atomic mass is 16.1. The Morgan fingerprint density at radius 2 is 2.17 bits per heavy atom. The average molecular weight is 166 g/mol. The van der Waals surface area contributed by atoms with Crippen molar-refractivity contribution >= 4 is 5.78 Å². The van der Waals surface area contributed by atoms with E-state index in [1.165, 1.54) is 5.57 Å². The molecule has 0 bridgehead atoms. The molecular weight excluding hydrogens is 148 g/mol. The smallest absolute Gasteiger partial charge is 0.136 e. The van der Waals surface area contributed by atoms with Crippen LogP contribution in [0.2, 0.25) is 0 Å². The summed E-state index contributed by atoms with van der Waals surface area (Å²) in [6, 6.07) is 0. The van der Waals surface area contributed by atoms with E-state index in [2.05, 4.69) is 26.8 Å². The maximum absolute atomic E-state index is 11.2. The van der Waals surface area contributed by atoms with E-state index in [0.29, 0.717) is 11.2 Å². The van der Waals surface area contributed by atoms with E-state index in [4.69, 9.17) is 0 Å². The maximum atomic E-state index is 11.2. The average Bonchev–Trinajstić information content (AvgIpc) is 1.82. The molecule has 0 aromatic carbocycles. The third-order valence-electron chi connectivity index (χ3n) is 2.54. The molecule has 12 heavy (non-hydrogen) atoms. The molecule has 68 valence electrons. The maximum Gasteiger partial charge on any atom is 0.136 e. The predicted octanol–water partition coefficient (Wildman–Crippen LogP) is 2.96. The van der Waals surface area contributed by atoms with Gasteiger partial charge in [-0.3, -0.25) is 4.79 Å². The van der Waals surface area contributed by atoms with Gasteiger partial charge >= 0.3 is 0 Å². The molecule has 1 nitrogen and oxygen atoms in total. The van der Waals surface area contributed by atoms with Gasteiger partial charge < -0.3 is 0 Å². The van der Waals surface area contributed by atoms with Crippen molar-refractivity contribution in [3.8, 4) is 0 Å². The second-order valence-corrected chi connectivity index (χ2v) is 4.78. The highest BCUT2D eigenvalue weighted by molar-refractivity contribution is 5.80. The summed E-state index contributed by atoms with van der Waals surface area (Å²) in [6.45, 7) is 8.28. The SMILES string of the molecule is CC(=O)C1C=C(C)CC(C)(C)C1. The molecule has 0 aromatic rings. The molecule has 0 heterocycles. The lowest BCUT2D eigenvalue weighted by molar-refractivity contribution is -0.120. The molecule has 1 aliphatic carbocycles. The Morgan fingerprint density at radius 1 is 1.58 bits per heavy atom. The first-order valence-corrected chi connectivity index (χ1v) is 4.58. The van der Waals surface area contributed by atoms with Gasteiger partial charge in [-0.15, -0.1) is 0 Å². The first-order chi connectivity index (χ1) is 5.41. The molecule has 0 saturated carbocycles. The summed E-state index contributed by atoms with van der Waals surface area (Å²) in [5.41, 5.74) is 1.68. The zero-order chi connectivity index (χ0) is 9.35. The van der Waals surface area contributed by atoms with E-state index in [-0.39, 0.29) is 5.92 Å². The van der Waals surface area contributed by atoms with Gasteiger partial charge in [0, 0.05) is 5.92 Å². The van der Waals surface area contributed by atoms with Gasteiger partial charge in [-0.2, -0.15) is 0 Å². The Balaban J connectivity index is 2.81. The minimum atomic E-state index is 0.175. The number of carbonyl (C=O) groups is 1. The molecule has 0 aliphatic heterocycles. The van der Waals surface area contributed by atoms with Crippen molar-refractivity contribution in [1.82, 2.24) is 0 Å². The summed E-state index contributed by atoms with van der Waals surface area (Å²) in [7, 11) is 0. The third kappa shape index (κ3) is 2.20. The first kappa shape index (κ1) is 9.50. The van der Waals surface area contributed by atoms with Crippen LogP contribution in [-0.4, -0.2) is 5.78 Å². The summed E-state index contributed by atoms with van der Waals surface area (Å²) in [6.07, 6.45) is 4.28. The number of Topliss-reactive ketones (excluding diaryl/α,β-unsaturated/α-hetero) is 1. The molecule has 1 rings (SSSR count). The van der Waals surface area contributed by atoms with Gasteiger partial charge in [0.1, 0.15) is 5.78 Å². The van der Waals surface area contributed by atoms with E-state index >= 15 is 0 Å². The van der Waals surface area contributed by atoms with Crippen LogP contribution in [0, 0.1) is 11.3 Å². The van der Waals surface area contributed by atoms with Crippen molar-refractivity contribution in [3.05, 3.63) is 11.6 Å². The van der Waals surface area contributed by atoms with Crippen molar-refractivity contribution in [2.24, 2.45) is 11.3 Å². The zero-order valence-electron chi connectivity index (χ0n) is 8.48. The second kappa shape index (κ2) is 3.04. The van der Waals surface area contributed by atoms with Crippen molar-refractivity contribution < 1.29 is 4.79 Å². The number of ketones is 1. The van der Waals surface area contributed by atoms with Crippen LogP contribution in [0.1, 0.15) is 40.5 Å². The fourth-order valence-corrected chi connectivity index (χ4v) is 2.14. The van der Waals surface area contributed by atoms with Crippen molar-refractivity contribution in [1.29, 1.82) is 0 Å². The fourth-order valence-electron chi connectivity index (χ4n) is 2.14. The van der Waals surface area contributed by atoms with E-state index < -0.39 is 0 Å². The Hall–Kier alpha value is -0.590. The highest BCUT2D eigenvalue weighted by Gasteiger charge is 2.28. The lowest BCUT2D eigenvalue weighted by Crippen LogP contribution is -2.24. The molecule has 1 aliphatic rings. The predicted molar refractivity (Wildman–Crippen MR) is 50.9 cm³/mol. The van der Waals surface area contributed by atoms with E-state index in [0.717, 1.165) is 12.8 Å². The van der Waals surface area contributed by atoms with Crippen LogP contribution < -0.4 is 0 Å². The summed E-state index contributed by atoms with van der Waals surface area (Å²) in [5.74, 6) is 0.482. The summed E-state index contributed by atoms with van der Waals surface area (Å²) in [4.78, 5) is 11.2. The standard InChI is InChI=1S/C11H18O/c1-8-5-10(9(2)12)7-11(3,4)6-8/h5,10H,6-7H2,1-4H3. The van der Waals surface area contributed by atoms with Gasteiger partial charge in [0.05, 0.1) is 0 Å². The van der Waals surface area contributed by atoms with E-state index in [1.807, 2.05) is 0 Å². The summed E-state index contributed by atoms with van der Waals surface area (Å²) >= 11 is 0. The number of hydrogen-bond acceptors (Lipinski definition) is 1. The monoisotopic (exact) mass is 166 g/mol. The Morgan fingerprint density at radius 3 is 2.58 bits per heavy atom. The van der Waals surface area contributed by atoms with Crippen molar-refractivity contribution in [2.45, 2.75) is 40.5 Å². The lowest BCUT2D eigenvalue weighted by atomic mass is 9.72. The minimum Gasteiger partial charge on any atom is -0.299 e. The highest BCUT2D eigenvalue weighted by Crippen LogP contribution is 2.38. The fraction of sp³-hybridized carbons (Fsp3) is 0.727. The molecule has 0 N–H and O–H groups in total. The van der Waals surface area contributed by atoms with Crippen molar-refractivity contribution in [2.75, 3.05) is 0 Å². The van der Waals surface area contributed by atoms with Crippen LogP contribution in [0.15, 0.2) is 11.6 Å². The Labute approximate surface area is 74.9 Å². The molecule has 0 radical (unpaired) electrons. The van der Waals surface area contributed by atoms with Crippen LogP contribution in [0.5, 0.6) is 0 Å². The molecule has 0 fully saturated rings. The number of allylic oxidation sites excluding steroid dienone is 2. The Kier molecular flexibility index (Phi) is 2.41. The van der Waals surface area contributed by atoms with Gasteiger partial charge in [0.2, 0.25) is 0 Å². The van der Waals surface area contributed by atoms with E-state index in [9.17, 15) is 4.79 Å². The number of rotatable bonds is 1. The summed E-state index contributed by atoms with van der Waals surface area (Å²) < 4.78 is 0. The molecule has 0 amide bonds. The largest absolute Gasteiger partial charge is 0.299 e. The van der Waals surface area contributed by atoms with Gasteiger partial charge in [-0.05, 0) is 32.1 Å². The minimum absolute atomic E-state index is 0.175. The molecule has 0 aromatic heterocycles. The van der Waals surface area contributed by atoms with Crippen LogP contribution in [0.3, 0.4) is 0 Å².